The van der Waals surface area contributed by atoms with Crippen molar-refractivity contribution < 1.29 is 18.1 Å². The zero-order valence-corrected chi connectivity index (χ0v) is 7.33. The van der Waals surface area contributed by atoms with Gasteiger partial charge in [-0.25, -0.2) is 0 Å². The van der Waals surface area contributed by atoms with Crippen LogP contribution in [-0.2, 0) is 8.54 Å². The minimum Gasteiger partial charge on any atom is -0.400 e. The van der Waals surface area contributed by atoms with Gasteiger partial charge in [-0.15, -0.1) is 0 Å². The molecule has 8 heavy (non-hydrogen) atoms. The zero-order chi connectivity index (χ0) is 6.62. The summed E-state index contributed by atoms with van der Waals surface area (Å²) in [6.45, 7) is 1.80. The number of rotatable bonds is 3. The summed E-state index contributed by atoms with van der Waals surface area (Å²) < 4.78 is 8.79. The van der Waals surface area contributed by atoms with Crippen LogP contribution < -0.4 is 0 Å². The highest BCUT2D eigenvalue weighted by Gasteiger charge is 2.32. The molecule has 0 bridgehead atoms. The van der Waals surface area contributed by atoms with Gasteiger partial charge in [-0.1, -0.05) is 6.55 Å². The van der Waals surface area contributed by atoms with Crippen molar-refractivity contribution in [3.8, 4) is 0 Å². The molecule has 0 radical (unpaired) electrons. The smallest absolute Gasteiger partial charge is 0.400 e. The minimum absolute atomic E-state index is 0.764. The van der Waals surface area contributed by atoms with Crippen molar-refractivity contribution in [3.63, 3.8) is 0 Å². The molecule has 0 aromatic heterocycles. The molecule has 0 spiro atoms. The molecule has 0 aliphatic rings. The third-order valence-electron chi connectivity index (χ3n) is 0.598. The Hall–Kier alpha value is 0.274. The fourth-order valence-electron chi connectivity index (χ4n) is 0.247. The van der Waals surface area contributed by atoms with E-state index in [1.54, 1.807) is 6.55 Å². The molecule has 0 heterocycles. The normalized spacial score (nSPS) is 13.5. The van der Waals surface area contributed by atoms with Crippen LogP contribution in [0.4, 0.5) is 0 Å². The van der Waals surface area contributed by atoms with Gasteiger partial charge in [0.05, 0.1) is 0 Å². The monoisotopic (exact) mass is 154 g/mol. The predicted octanol–water partition coefficient (Wildman–Crippen LogP) is -1.80. The minimum atomic E-state index is -3.62. The van der Waals surface area contributed by atoms with Crippen molar-refractivity contribution in [2.24, 2.45) is 0 Å². The summed E-state index contributed by atoms with van der Waals surface area (Å²) in [6, 6.07) is 0. The lowest BCUT2D eigenvalue weighted by molar-refractivity contribution is 0.101. The van der Waals surface area contributed by atoms with Crippen LogP contribution in [-0.4, -0.2) is 35.5 Å². The Morgan fingerprint density at radius 3 is 2.12 bits per heavy atom. The van der Waals surface area contributed by atoms with E-state index in [2.05, 4.69) is 8.54 Å². The second-order valence-corrected chi connectivity index (χ2v) is 4.42. The molecule has 0 aliphatic heterocycles. The molecule has 6 heteroatoms. The fraction of sp³-hybridized carbons (Fsp3) is 1.00. The van der Waals surface area contributed by atoms with Crippen LogP contribution in [0.25, 0.3) is 0 Å². The van der Waals surface area contributed by atoms with Gasteiger partial charge in [0.2, 0.25) is 0 Å². The molecule has 0 atom stereocenters. The van der Waals surface area contributed by atoms with Gasteiger partial charge < -0.3 is 18.1 Å². The van der Waals surface area contributed by atoms with Gasteiger partial charge in [0.25, 0.3) is 0 Å². The molecule has 0 saturated heterocycles. The molecule has 0 aromatic carbocycles. The summed E-state index contributed by atoms with van der Waals surface area (Å²) in [5, 5.41) is 0. The van der Waals surface area contributed by atoms with Gasteiger partial charge in [0.1, 0.15) is 0 Å². The molecule has 0 rings (SSSR count). The molecular formula is C2H10O4Si2. The molecule has 50 valence electrons. The standard InChI is InChI=1S/C2H10O4Si2/c1-5-8(3,4)6-7-2/h3-4H,7H2,1-2H3. The predicted molar refractivity (Wildman–Crippen MR) is 32.7 cm³/mol. The lowest BCUT2D eigenvalue weighted by Gasteiger charge is -2.12. The van der Waals surface area contributed by atoms with E-state index in [1.807, 2.05) is 0 Å². The highest BCUT2D eigenvalue weighted by molar-refractivity contribution is 6.57. The van der Waals surface area contributed by atoms with E-state index in [9.17, 15) is 0 Å². The van der Waals surface area contributed by atoms with E-state index < -0.39 is 18.8 Å². The molecule has 0 amide bonds. The van der Waals surface area contributed by atoms with Crippen LogP contribution in [0.5, 0.6) is 0 Å². The SMILES string of the molecule is CO[Si](O)(O)O[SiH2]C. The molecule has 0 aliphatic carbocycles. The van der Waals surface area contributed by atoms with E-state index >= 15 is 0 Å². The van der Waals surface area contributed by atoms with Crippen LogP contribution in [0.3, 0.4) is 0 Å². The highest BCUT2D eigenvalue weighted by Crippen LogP contribution is 1.91. The molecule has 0 unspecified atom stereocenters. The molecule has 0 saturated carbocycles. The van der Waals surface area contributed by atoms with E-state index in [-0.39, 0.29) is 0 Å². The highest BCUT2D eigenvalue weighted by atomic mass is 28.4. The van der Waals surface area contributed by atoms with Gasteiger partial charge in [0.15, 0.2) is 9.76 Å². The largest absolute Gasteiger partial charge is 0.662 e. The zero-order valence-electron chi connectivity index (χ0n) is 4.92. The third kappa shape index (κ3) is 3.30. The Kier molecular flexibility index (Phi) is 3.44. The molecule has 0 aromatic rings. The summed E-state index contributed by atoms with van der Waals surface area (Å²) >= 11 is 0. The van der Waals surface area contributed by atoms with Gasteiger partial charge in [-0.3, -0.25) is 0 Å². The molecule has 4 nitrogen and oxygen atoms in total. The Labute approximate surface area is 51.5 Å². The van der Waals surface area contributed by atoms with Crippen LogP contribution in [0.15, 0.2) is 0 Å². The summed E-state index contributed by atoms with van der Waals surface area (Å²) in [4.78, 5) is 17.2. The topological polar surface area (TPSA) is 58.9 Å². The third-order valence-corrected chi connectivity index (χ3v) is 3.79. The van der Waals surface area contributed by atoms with Crippen LogP contribution in [0, 0.1) is 0 Å². The van der Waals surface area contributed by atoms with Crippen molar-refractivity contribution in [2.45, 2.75) is 6.55 Å². The van der Waals surface area contributed by atoms with Crippen LogP contribution in [0.2, 0.25) is 6.55 Å². The van der Waals surface area contributed by atoms with Crippen molar-refractivity contribution in [1.82, 2.24) is 0 Å². The average molecular weight is 154 g/mol. The van der Waals surface area contributed by atoms with Gasteiger partial charge in [-0.2, -0.15) is 0 Å². The quantitative estimate of drug-likeness (QED) is 0.471. The maximum Gasteiger partial charge on any atom is 0.662 e. The first-order valence-corrected chi connectivity index (χ1v) is 5.96. The molecular weight excluding hydrogens is 144 g/mol. The molecule has 2 N–H and O–H groups in total. The Bertz CT molecular complexity index is 65.1. The second kappa shape index (κ2) is 3.33. The fourth-order valence-corrected chi connectivity index (χ4v) is 2.22. The molecule has 0 fully saturated rings. The second-order valence-electron chi connectivity index (χ2n) is 1.19. The summed E-state index contributed by atoms with van der Waals surface area (Å²) in [5.41, 5.74) is 0. The lowest BCUT2D eigenvalue weighted by Crippen LogP contribution is -2.42. The van der Waals surface area contributed by atoms with E-state index in [1.165, 1.54) is 7.11 Å². The summed E-state index contributed by atoms with van der Waals surface area (Å²) in [7, 11) is -3.16. The van der Waals surface area contributed by atoms with E-state index in [4.69, 9.17) is 9.59 Å². The first-order valence-electron chi connectivity index (χ1n) is 2.26. The van der Waals surface area contributed by atoms with Crippen molar-refractivity contribution >= 4 is 18.8 Å². The first-order chi connectivity index (χ1) is 3.62. The van der Waals surface area contributed by atoms with Crippen molar-refractivity contribution in [2.75, 3.05) is 7.11 Å². The Balaban J connectivity index is 3.37. The van der Waals surface area contributed by atoms with E-state index in [0.717, 1.165) is 0 Å². The van der Waals surface area contributed by atoms with E-state index in [0.29, 0.717) is 0 Å². The van der Waals surface area contributed by atoms with Crippen molar-refractivity contribution in [1.29, 1.82) is 0 Å². The van der Waals surface area contributed by atoms with Gasteiger partial charge in [-0.05, 0) is 0 Å². The Morgan fingerprint density at radius 2 is 2.00 bits per heavy atom. The van der Waals surface area contributed by atoms with Crippen molar-refractivity contribution in [3.05, 3.63) is 0 Å². The first kappa shape index (κ1) is 8.27. The summed E-state index contributed by atoms with van der Waals surface area (Å²) in [6.07, 6.45) is 0. The lowest BCUT2D eigenvalue weighted by atomic mass is 11.8. The number of hydrogen-bond donors (Lipinski definition) is 2. The number of hydrogen-bond acceptors (Lipinski definition) is 4. The Morgan fingerprint density at radius 1 is 1.50 bits per heavy atom. The average Bonchev–Trinajstić information content (AvgIpc) is 1.67. The maximum atomic E-state index is 8.61. The van der Waals surface area contributed by atoms with Crippen LogP contribution in [0.1, 0.15) is 0 Å². The summed E-state index contributed by atoms with van der Waals surface area (Å²) in [5.74, 6) is 0. The van der Waals surface area contributed by atoms with Crippen LogP contribution >= 0.6 is 0 Å². The van der Waals surface area contributed by atoms with Gasteiger partial charge in [0, 0.05) is 7.11 Å². The maximum absolute atomic E-state index is 8.61. The van der Waals surface area contributed by atoms with Gasteiger partial charge >= 0.3 is 9.05 Å².